The van der Waals surface area contributed by atoms with Gasteiger partial charge in [-0.05, 0) is 53.8 Å². The van der Waals surface area contributed by atoms with Crippen LogP contribution < -0.4 is 15.4 Å². The van der Waals surface area contributed by atoms with Crippen molar-refractivity contribution in [1.29, 1.82) is 0 Å². The molecule has 0 unspecified atom stereocenters. The number of nitrogens with zero attached hydrogens (tertiary/aromatic N) is 1. The zero-order chi connectivity index (χ0) is 22.5. The quantitative estimate of drug-likeness (QED) is 0.367. The normalized spacial score (nSPS) is 13.7. The Balaban J connectivity index is 1.25. The molecule has 0 spiro atoms. The molecule has 1 saturated carbocycles. The molecule has 0 radical (unpaired) electrons. The number of carbonyl (C=O) groups is 1. The highest BCUT2D eigenvalue weighted by atomic mass is 16.5. The van der Waals surface area contributed by atoms with Gasteiger partial charge in [0.2, 0.25) is 0 Å². The lowest BCUT2D eigenvalue weighted by Crippen LogP contribution is -2.28. The number of benzene rings is 3. The van der Waals surface area contributed by atoms with Crippen LogP contribution in [-0.4, -0.2) is 11.0 Å². The highest BCUT2D eigenvalue weighted by Crippen LogP contribution is 2.50. The first-order chi connectivity index (χ1) is 16.2. The van der Waals surface area contributed by atoms with E-state index in [0.29, 0.717) is 6.54 Å². The highest BCUT2D eigenvalue weighted by molar-refractivity contribution is 5.89. The van der Waals surface area contributed by atoms with E-state index in [9.17, 15) is 4.79 Å². The SMILES string of the molecule is O=C(NCc1cccnc1)Nc1ccc(C2(Oc3ccccc3-c3ccccc3)CC2)cc1. The van der Waals surface area contributed by atoms with Crippen LogP contribution in [0.5, 0.6) is 5.75 Å². The van der Waals surface area contributed by atoms with Crippen molar-refractivity contribution < 1.29 is 9.53 Å². The monoisotopic (exact) mass is 435 g/mol. The van der Waals surface area contributed by atoms with Gasteiger partial charge in [0.05, 0.1) is 0 Å². The largest absolute Gasteiger partial charge is 0.482 e. The highest BCUT2D eigenvalue weighted by Gasteiger charge is 2.47. The number of pyridine rings is 1. The Morgan fingerprint density at radius 3 is 2.36 bits per heavy atom. The number of hydrogen-bond acceptors (Lipinski definition) is 3. The van der Waals surface area contributed by atoms with Crippen molar-refractivity contribution >= 4 is 11.7 Å². The summed E-state index contributed by atoms with van der Waals surface area (Å²) in [5.74, 6) is 0.887. The maximum absolute atomic E-state index is 12.2. The molecule has 2 amide bonds. The summed E-state index contributed by atoms with van der Waals surface area (Å²) in [5, 5.41) is 5.72. The summed E-state index contributed by atoms with van der Waals surface area (Å²) in [7, 11) is 0. The van der Waals surface area contributed by atoms with Gasteiger partial charge in [-0.1, -0.05) is 66.7 Å². The zero-order valence-electron chi connectivity index (χ0n) is 18.2. The topological polar surface area (TPSA) is 63.2 Å². The second-order valence-corrected chi connectivity index (χ2v) is 8.20. The Kier molecular flexibility index (Phi) is 5.77. The van der Waals surface area contributed by atoms with Gasteiger partial charge >= 0.3 is 6.03 Å². The van der Waals surface area contributed by atoms with Crippen molar-refractivity contribution in [2.75, 3.05) is 5.32 Å². The van der Waals surface area contributed by atoms with Crippen molar-refractivity contribution in [2.45, 2.75) is 25.0 Å². The molecule has 33 heavy (non-hydrogen) atoms. The van der Waals surface area contributed by atoms with Gasteiger partial charge in [0.25, 0.3) is 0 Å². The van der Waals surface area contributed by atoms with Gasteiger partial charge < -0.3 is 15.4 Å². The molecule has 1 heterocycles. The molecule has 5 rings (SSSR count). The number of nitrogens with one attached hydrogen (secondary N) is 2. The molecule has 0 bridgehead atoms. The summed E-state index contributed by atoms with van der Waals surface area (Å²) in [6.45, 7) is 0.426. The Morgan fingerprint density at radius 1 is 0.879 bits per heavy atom. The Labute approximate surface area is 193 Å². The molecule has 164 valence electrons. The van der Waals surface area contributed by atoms with E-state index in [-0.39, 0.29) is 11.6 Å². The Bertz CT molecular complexity index is 1220. The predicted molar refractivity (Wildman–Crippen MR) is 130 cm³/mol. The molecule has 1 aliphatic carbocycles. The number of ether oxygens (including phenoxy) is 1. The van der Waals surface area contributed by atoms with Gasteiger partial charge in [-0.25, -0.2) is 4.79 Å². The molecule has 2 N–H and O–H groups in total. The molecule has 0 atom stereocenters. The smallest absolute Gasteiger partial charge is 0.319 e. The summed E-state index contributed by atoms with van der Waals surface area (Å²) in [6.07, 6.45) is 5.38. The maximum Gasteiger partial charge on any atom is 0.319 e. The average molecular weight is 436 g/mol. The van der Waals surface area contributed by atoms with E-state index in [2.05, 4.69) is 33.8 Å². The molecule has 1 aliphatic rings. The average Bonchev–Trinajstić information content (AvgIpc) is 3.65. The van der Waals surface area contributed by atoms with Crippen LogP contribution in [0.25, 0.3) is 11.1 Å². The molecule has 1 aromatic heterocycles. The van der Waals surface area contributed by atoms with Crippen molar-refractivity contribution in [1.82, 2.24) is 10.3 Å². The molecule has 5 nitrogen and oxygen atoms in total. The van der Waals surface area contributed by atoms with E-state index < -0.39 is 0 Å². The third-order valence-electron chi connectivity index (χ3n) is 5.83. The number of urea groups is 1. The van der Waals surface area contributed by atoms with Gasteiger partial charge in [0, 0.05) is 30.2 Å². The van der Waals surface area contributed by atoms with Crippen molar-refractivity contribution in [2.24, 2.45) is 0 Å². The van der Waals surface area contributed by atoms with Crippen LogP contribution in [0.4, 0.5) is 10.5 Å². The number of anilines is 1. The summed E-state index contributed by atoms with van der Waals surface area (Å²) >= 11 is 0. The molecule has 3 aromatic carbocycles. The fourth-order valence-electron chi connectivity index (χ4n) is 3.90. The summed E-state index contributed by atoms with van der Waals surface area (Å²) in [6, 6.07) is 29.9. The van der Waals surface area contributed by atoms with E-state index in [0.717, 1.165) is 46.5 Å². The van der Waals surface area contributed by atoms with Gasteiger partial charge in [0.1, 0.15) is 11.4 Å². The first-order valence-corrected chi connectivity index (χ1v) is 11.1. The van der Waals surface area contributed by atoms with Gasteiger partial charge in [-0.2, -0.15) is 0 Å². The van der Waals surface area contributed by atoms with Crippen LogP contribution in [0.1, 0.15) is 24.0 Å². The second-order valence-electron chi connectivity index (χ2n) is 8.20. The van der Waals surface area contributed by atoms with Crippen LogP contribution in [0.2, 0.25) is 0 Å². The van der Waals surface area contributed by atoms with E-state index in [4.69, 9.17) is 4.74 Å². The molecule has 0 aliphatic heterocycles. The van der Waals surface area contributed by atoms with Gasteiger partial charge in [0.15, 0.2) is 0 Å². The number of rotatable bonds is 7. The van der Waals surface area contributed by atoms with Crippen LogP contribution >= 0.6 is 0 Å². The zero-order valence-corrected chi connectivity index (χ0v) is 18.2. The molecular formula is C28H25N3O2. The van der Waals surface area contributed by atoms with E-state index in [1.54, 1.807) is 12.4 Å². The summed E-state index contributed by atoms with van der Waals surface area (Å²) < 4.78 is 6.59. The third kappa shape index (κ3) is 4.88. The lowest BCUT2D eigenvalue weighted by Gasteiger charge is -2.21. The van der Waals surface area contributed by atoms with Crippen LogP contribution in [0.3, 0.4) is 0 Å². The number of carbonyl (C=O) groups excluding carboxylic acids is 1. The summed E-state index contributed by atoms with van der Waals surface area (Å²) in [5.41, 5.74) is 4.72. The van der Waals surface area contributed by atoms with Crippen LogP contribution in [-0.2, 0) is 12.1 Å². The lowest BCUT2D eigenvalue weighted by molar-refractivity contribution is 0.182. The third-order valence-corrected chi connectivity index (χ3v) is 5.83. The first-order valence-electron chi connectivity index (χ1n) is 11.1. The lowest BCUT2D eigenvalue weighted by atomic mass is 10.0. The van der Waals surface area contributed by atoms with Gasteiger partial charge in [-0.3, -0.25) is 4.98 Å². The maximum atomic E-state index is 12.2. The van der Waals surface area contributed by atoms with Crippen LogP contribution in [0.15, 0.2) is 103 Å². The Morgan fingerprint density at radius 2 is 1.64 bits per heavy atom. The molecular weight excluding hydrogens is 410 g/mol. The number of amides is 2. The standard InChI is InChI=1S/C28H25N3O2/c32-27(30-20-21-7-6-18-29-19-21)31-24-14-12-23(13-15-24)28(16-17-28)33-26-11-5-4-10-25(26)22-8-2-1-3-9-22/h1-15,18-19H,16-17,20H2,(H2,30,31,32). The minimum atomic E-state index is -0.314. The minimum absolute atomic E-state index is 0.249. The minimum Gasteiger partial charge on any atom is -0.482 e. The van der Waals surface area contributed by atoms with E-state index in [1.807, 2.05) is 72.8 Å². The van der Waals surface area contributed by atoms with Crippen LogP contribution in [0, 0.1) is 0 Å². The molecule has 5 heteroatoms. The van der Waals surface area contributed by atoms with Crippen molar-refractivity contribution in [3.8, 4) is 16.9 Å². The fourth-order valence-corrected chi connectivity index (χ4v) is 3.90. The Hall–Kier alpha value is -4.12. The number of hydrogen-bond donors (Lipinski definition) is 2. The molecule has 1 fully saturated rings. The summed E-state index contributed by atoms with van der Waals surface area (Å²) in [4.78, 5) is 16.3. The fraction of sp³-hybridized carbons (Fsp3) is 0.143. The van der Waals surface area contributed by atoms with E-state index in [1.165, 1.54) is 0 Å². The number of para-hydroxylation sites is 1. The van der Waals surface area contributed by atoms with E-state index >= 15 is 0 Å². The van der Waals surface area contributed by atoms with Crippen molar-refractivity contribution in [3.05, 3.63) is 115 Å². The van der Waals surface area contributed by atoms with Gasteiger partial charge in [-0.15, -0.1) is 0 Å². The second kappa shape index (κ2) is 9.17. The first kappa shape index (κ1) is 20.8. The predicted octanol–water partition coefficient (Wildman–Crippen LogP) is 6.14. The number of aromatic nitrogens is 1. The molecule has 0 saturated heterocycles. The van der Waals surface area contributed by atoms with Crippen molar-refractivity contribution in [3.63, 3.8) is 0 Å². The molecule has 4 aromatic rings.